The zero-order valence-electron chi connectivity index (χ0n) is 13.2. The predicted molar refractivity (Wildman–Crippen MR) is 85.7 cm³/mol. The number of hydrogen-bond donors (Lipinski definition) is 2. The van der Waals surface area contributed by atoms with Crippen LogP contribution < -0.4 is 10.2 Å². The molecule has 2 rings (SSSR count). The number of hydrogen-bond acceptors (Lipinski definition) is 4. The molecule has 1 fully saturated rings. The first-order chi connectivity index (χ1) is 10.0. The summed E-state index contributed by atoms with van der Waals surface area (Å²) in [7, 11) is 2.31. The average Bonchev–Trinajstić information content (AvgIpc) is 2.46. The third kappa shape index (κ3) is 4.22. The van der Waals surface area contributed by atoms with Gasteiger partial charge < -0.3 is 14.8 Å². The Morgan fingerprint density at radius 2 is 2.10 bits per heavy atom. The van der Waals surface area contributed by atoms with E-state index >= 15 is 0 Å². The van der Waals surface area contributed by atoms with E-state index in [1.54, 1.807) is 19.2 Å². The van der Waals surface area contributed by atoms with E-state index in [9.17, 15) is 10.0 Å². The zero-order valence-corrected chi connectivity index (χ0v) is 13.2. The molecule has 1 saturated carbocycles. The topological polar surface area (TPSA) is 52.9 Å². The van der Waals surface area contributed by atoms with Gasteiger partial charge in [-0.1, -0.05) is 25.8 Å². The van der Waals surface area contributed by atoms with E-state index in [2.05, 4.69) is 18.9 Å². The van der Waals surface area contributed by atoms with Gasteiger partial charge in [-0.15, -0.1) is 0 Å². The van der Waals surface area contributed by atoms with E-state index in [1.165, 1.54) is 25.7 Å². The predicted octanol–water partition coefficient (Wildman–Crippen LogP) is 1.39. The SMILES string of the molecule is COc1ccc(B(O)O)c(CN(C)C2CCCC(C)C2)c1. The summed E-state index contributed by atoms with van der Waals surface area (Å²) in [6.07, 6.45) is 5.05. The number of methoxy groups -OCH3 is 1. The van der Waals surface area contributed by atoms with Gasteiger partial charge in [0.25, 0.3) is 0 Å². The van der Waals surface area contributed by atoms with Crippen molar-refractivity contribution in [2.24, 2.45) is 5.92 Å². The third-order valence-corrected chi connectivity index (χ3v) is 4.58. The zero-order chi connectivity index (χ0) is 15.4. The van der Waals surface area contributed by atoms with Crippen LogP contribution in [0.3, 0.4) is 0 Å². The first-order valence-corrected chi connectivity index (χ1v) is 7.74. The van der Waals surface area contributed by atoms with Gasteiger partial charge in [-0.25, -0.2) is 0 Å². The van der Waals surface area contributed by atoms with Crippen LogP contribution in [0, 0.1) is 5.92 Å². The monoisotopic (exact) mass is 291 g/mol. The molecule has 4 nitrogen and oxygen atoms in total. The second kappa shape index (κ2) is 7.30. The lowest BCUT2D eigenvalue weighted by Gasteiger charge is -2.34. The van der Waals surface area contributed by atoms with E-state index in [-0.39, 0.29) is 0 Å². The summed E-state index contributed by atoms with van der Waals surface area (Å²) in [5.74, 6) is 1.53. The van der Waals surface area contributed by atoms with Crippen molar-refractivity contribution in [3.63, 3.8) is 0 Å². The smallest absolute Gasteiger partial charge is 0.488 e. The van der Waals surface area contributed by atoms with Crippen molar-refractivity contribution in [2.75, 3.05) is 14.2 Å². The van der Waals surface area contributed by atoms with Gasteiger partial charge in [0.05, 0.1) is 7.11 Å². The van der Waals surface area contributed by atoms with Gasteiger partial charge in [-0.3, -0.25) is 4.90 Å². The number of rotatable bonds is 5. The molecule has 0 aliphatic heterocycles. The lowest BCUT2D eigenvalue weighted by molar-refractivity contribution is 0.158. The summed E-state index contributed by atoms with van der Waals surface area (Å²) in [6, 6.07) is 5.97. The van der Waals surface area contributed by atoms with Crippen LogP contribution in [0.25, 0.3) is 0 Å². The maximum absolute atomic E-state index is 9.53. The van der Waals surface area contributed by atoms with Crippen LogP contribution in [0.2, 0.25) is 0 Å². The minimum Gasteiger partial charge on any atom is -0.497 e. The molecule has 0 aromatic heterocycles. The molecule has 0 heterocycles. The van der Waals surface area contributed by atoms with Crippen LogP contribution in [-0.2, 0) is 6.54 Å². The highest BCUT2D eigenvalue weighted by atomic mass is 16.5. The summed E-state index contributed by atoms with van der Waals surface area (Å²) in [5.41, 5.74) is 1.48. The van der Waals surface area contributed by atoms with Gasteiger partial charge in [0, 0.05) is 12.6 Å². The first-order valence-electron chi connectivity index (χ1n) is 7.74. The van der Waals surface area contributed by atoms with Crippen LogP contribution in [0.4, 0.5) is 0 Å². The molecule has 1 aromatic rings. The summed E-state index contributed by atoms with van der Waals surface area (Å²) in [4.78, 5) is 2.33. The Morgan fingerprint density at radius 3 is 2.71 bits per heavy atom. The summed E-state index contributed by atoms with van der Waals surface area (Å²) in [6.45, 7) is 3.02. The maximum Gasteiger partial charge on any atom is 0.488 e. The quantitative estimate of drug-likeness (QED) is 0.805. The van der Waals surface area contributed by atoms with Crippen molar-refractivity contribution in [1.29, 1.82) is 0 Å². The molecule has 21 heavy (non-hydrogen) atoms. The second-order valence-electron chi connectivity index (χ2n) is 6.28. The van der Waals surface area contributed by atoms with Crippen LogP contribution in [-0.4, -0.2) is 42.3 Å². The third-order valence-electron chi connectivity index (χ3n) is 4.58. The number of ether oxygens (including phenoxy) is 1. The fourth-order valence-electron chi connectivity index (χ4n) is 3.30. The number of benzene rings is 1. The summed E-state index contributed by atoms with van der Waals surface area (Å²) in [5, 5.41) is 19.1. The van der Waals surface area contributed by atoms with Crippen molar-refractivity contribution in [2.45, 2.75) is 45.2 Å². The Bertz CT molecular complexity index is 467. The minimum atomic E-state index is -1.44. The Hall–Kier alpha value is -1.04. The van der Waals surface area contributed by atoms with E-state index in [0.29, 0.717) is 18.0 Å². The Kier molecular flexibility index (Phi) is 5.68. The molecule has 0 saturated heterocycles. The first kappa shape index (κ1) is 16.3. The highest BCUT2D eigenvalue weighted by Gasteiger charge is 2.24. The van der Waals surface area contributed by atoms with Crippen molar-refractivity contribution in [3.8, 4) is 5.75 Å². The molecule has 2 N–H and O–H groups in total. The van der Waals surface area contributed by atoms with Crippen LogP contribution in [0.15, 0.2) is 18.2 Å². The molecule has 0 amide bonds. The van der Waals surface area contributed by atoms with Crippen molar-refractivity contribution in [3.05, 3.63) is 23.8 Å². The average molecular weight is 291 g/mol. The Morgan fingerprint density at radius 1 is 1.33 bits per heavy atom. The van der Waals surface area contributed by atoms with E-state index in [4.69, 9.17) is 4.74 Å². The van der Waals surface area contributed by atoms with Crippen LogP contribution in [0.1, 0.15) is 38.2 Å². The van der Waals surface area contributed by atoms with Gasteiger partial charge in [0.1, 0.15) is 5.75 Å². The molecule has 2 atom stereocenters. The molecule has 2 unspecified atom stereocenters. The van der Waals surface area contributed by atoms with Gasteiger partial charge in [-0.05, 0) is 49.0 Å². The maximum atomic E-state index is 9.53. The van der Waals surface area contributed by atoms with E-state index in [0.717, 1.165) is 17.2 Å². The molecule has 1 aliphatic rings. The van der Waals surface area contributed by atoms with Gasteiger partial charge in [0.2, 0.25) is 0 Å². The second-order valence-corrected chi connectivity index (χ2v) is 6.28. The largest absolute Gasteiger partial charge is 0.497 e. The van der Waals surface area contributed by atoms with Gasteiger partial charge in [0.15, 0.2) is 0 Å². The Labute approximate surface area is 127 Å². The molecular formula is C16H26BNO3. The van der Waals surface area contributed by atoms with Gasteiger partial charge >= 0.3 is 7.12 Å². The highest BCUT2D eigenvalue weighted by Crippen LogP contribution is 2.27. The van der Waals surface area contributed by atoms with Crippen molar-refractivity contribution < 1.29 is 14.8 Å². The highest BCUT2D eigenvalue weighted by molar-refractivity contribution is 6.59. The molecule has 1 aliphatic carbocycles. The minimum absolute atomic E-state index is 0.562. The molecule has 0 bridgehead atoms. The van der Waals surface area contributed by atoms with Crippen LogP contribution >= 0.6 is 0 Å². The summed E-state index contributed by atoms with van der Waals surface area (Å²) >= 11 is 0. The van der Waals surface area contributed by atoms with E-state index < -0.39 is 7.12 Å². The fraction of sp³-hybridized carbons (Fsp3) is 0.625. The molecule has 0 spiro atoms. The van der Waals surface area contributed by atoms with Gasteiger partial charge in [-0.2, -0.15) is 0 Å². The molecule has 0 radical (unpaired) electrons. The summed E-state index contributed by atoms with van der Waals surface area (Å²) < 4.78 is 5.25. The molecule has 116 valence electrons. The Balaban J connectivity index is 2.13. The molecule has 1 aromatic carbocycles. The standard InChI is InChI=1S/C16H26BNO3/c1-12-5-4-6-14(9-12)18(2)11-13-10-15(21-3)7-8-16(13)17(19)20/h7-8,10,12,14,19-20H,4-6,9,11H2,1-3H3. The normalized spacial score (nSPS) is 22.4. The lowest BCUT2D eigenvalue weighted by atomic mass is 9.76. The van der Waals surface area contributed by atoms with E-state index in [1.807, 2.05) is 6.07 Å². The number of nitrogens with zero attached hydrogens (tertiary/aromatic N) is 1. The van der Waals surface area contributed by atoms with Crippen LogP contribution in [0.5, 0.6) is 5.75 Å². The van der Waals surface area contributed by atoms with Crippen molar-refractivity contribution in [1.82, 2.24) is 4.90 Å². The lowest BCUT2D eigenvalue weighted by Crippen LogP contribution is -2.39. The van der Waals surface area contributed by atoms with Crippen molar-refractivity contribution >= 4 is 12.6 Å². The fourth-order valence-corrected chi connectivity index (χ4v) is 3.30. The molecule has 5 heteroatoms. The molecular weight excluding hydrogens is 265 g/mol.